The molecule has 0 heterocycles. The van der Waals surface area contributed by atoms with Crippen molar-refractivity contribution in [3.05, 3.63) is 29.8 Å². The number of carboxylic acid groups (broad SMARTS) is 1. The van der Waals surface area contributed by atoms with Crippen LogP contribution in [0.15, 0.2) is 24.3 Å². The second-order valence-corrected chi connectivity index (χ2v) is 5.47. The molecule has 0 bridgehead atoms. The smallest absolute Gasteiger partial charge is 0.308 e. The van der Waals surface area contributed by atoms with Crippen LogP contribution in [0.4, 0.5) is 0 Å². The average Bonchev–Trinajstić information content (AvgIpc) is 2.36. The Hall–Kier alpha value is -2.04. The van der Waals surface area contributed by atoms with Gasteiger partial charge in [0.15, 0.2) is 0 Å². The van der Waals surface area contributed by atoms with Gasteiger partial charge in [-0.2, -0.15) is 0 Å². The zero-order valence-electron chi connectivity index (χ0n) is 12.9. The van der Waals surface area contributed by atoms with E-state index in [1.165, 1.54) is 0 Å². The molecule has 0 radical (unpaired) electrons. The van der Waals surface area contributed by atoms with Crippen molar-refractivity contribution in [3.8, 4) is 5.75 Å². The number of nitrogens with one attached hydrogen (secondary N) is 1. The Labute approximate surface area is 125 Å². The van der Waals surface area contributed by atoms with E-state index >= 15 is 0 Å². The highest BCUT2D eigenvalue weighted by Gasteiger charge is 2.20. The molecule has 0 aliphatic carbocycles. The minimum Gasteiger partial charge on any atom is -0.491 e. The highest BCUT2D eigenvalue weighted by atomic mass is 16.5. The SMILES string of the molecule is CC(C)Oc1cccc(CC(=O)NC(C)C(C)C(=O)O)c1. The number of carbonyl (C=O) groups is 2. The topological polar surface area (TPSA) is 75.6 Å². The first kappa shape index (κ1) is 17.0. The summed E-state index contributed by atoms with van der Waals surface area (Å²) >= 11 is 0. The van der Waals surface area contributed by atoms with Crippen molar-refractivity contribution in [1.29, 1.82) is 0 Å². The number of benzene rings is 1. The van der Waals surface area contributed by atoms with Crippen LogP contribution < -0.4 is 10.1 Å². The molecule has 0 spiro atoms. The van der Waals surface area contributed by atoms with Crippen LogP contribution in [0.5, 0.6) is 5.75 Å². The van der Waals surface area contributed by atoms with Crippen molar-refractivity contribution in [1.82, 2.24) is 5.32 Å². The second-order valence-electron chi connectivity index (χ2n) is 5.47. The lowest BCUT2D eigenvalue weighted by Crippen LogP contribution is -2.40. The number of hydrogen-bond donors (Lipinski definition) is 2. The zero-order chi connectivity index (χ0) is 16.0. The van der Waals surface area contributed by atoms with E-state index in [4.69, 9.17) is 9.84 Å². The average molecular weight is 293 g/mol. The van der Waals surface area contributed by atoms with Gasteiger partial charge in [0.1, 0.15) is 5.75 Å². The van der Waals surface area contributed by atoms with E-state index in [0.717, 1.165) is 11.3 Å². The molecule has 1 rings (SSSR count). The molecule has 1 aromatic carbocycles. The van der Waals surface area contributed by atoms with Gasteiger partial charge in [-0.15, -0.1) is 0 Å². The summed E-state index contributed by atoms with van der Waals surface area (Å²) in [7, 11) is 0. The summed E-state index contributed by atoms with van der Waals surface area (Å²) in [6.45, 7) is 7.14. The molecule has 0 aliphatic rings. The third kappa shape index (κ3) is 5.85. The Bertz CT molecular complexity index is 499. The van der Waals surface area contributed by atoms with Crippen LogP contribution in [0.3, 0.4) is 0 Å². The van der Waals surface area contributed by atoms with E-state index in [1.807, 2.05) is 38.1 Å². The van der Waals surface area contributed by atoms with E-state index in [9.17, 15) is 9.59 Å². The van der Waals surface area contributed by atoms with E-state index in [2.05, 4.69) is 5.32 Å². The van der Waals surface area contributed by atoms with Gasteiger partial charge in [-0.3, -0.25) is 9.59 Å². The number of ether oxygens (including phenoxy) is 1. The fourth-order valence-electron chi connectivity index (χ4n) is 1.83. The molecule has 0 saturated carbocycles. The van der Waals surface area contributed by atoms with Gasteiger partial charge in [-0.05, 0) is 45.4 Å². The molecular formula is C16H23NO4. The number of amides is 1. The summed E-state index contributed by atoms with van der Waals surface area (Å²) in [4.78, 5) is 22.8. The van der Waals surface area contributed by atoms with Gasteiger partial charge in [0.2, 0.25) is 5.91 Å². The van der Waals surface area contributed by atoms with Crippen LogP contribution in [0.1, 0.15) is 33.3 Å². The van der Waals surface area contributed by atoms with Crippen LogP contribution in [0.25, 0.3) is 0 Å². The monoisotopic (exact) mass is 293 g/mol. The third-order valence-corrected chi connectivity index (χ3v) is 3.16. The summed E-state index contributed by atoms with van der Waals surface area (Å²) < 4.78 is 5.58. The minimum absolute atomic E-state index is 0.0746. The Morgan fingerprint density at radius 2 is 1.90 bits per heavy atom. The zero-order valence-corrected chi connectivity index (χ0v) is 12.9. The van der Waals surface area contributed by atoms with Gasteiger partial charge in [-0.25, -0.2) is 0 Å². The number of carbonyl (C=O) groups excluding carboxylic acids is 1. The molecule has 5 nitrogen and oxygen atoms in total. The highest BCUT2D eigenvalue weighted by molar-refractivity contribution is 5.80. The quantitative estimate of drug-likeness (QED) is 0.808. The second kappa shape index (κ2) is 7.67. The molecule has 2 unspecified atom stereocenters. The molecular weight excluding hydrogens is 270 g/mol. The molecule has 0 fully saturated rings. The van der Waals surface area contributed by atoms with Crippen LogP contribution in [0.2, 0.25) is 0 Å². The lowest BCUT2D eigenvalue weighted by Gasteiger charge is -2.18. The molecule has 21 heavy (non-hydrogen) atoms. The first-order chi connectivity index (χ1) is 9.79. The van der Waals surface area contributed by atoms with Crippen LogP contribution in [-0.4, -0.2) is 29.1 Å². The maximum absolute atomic E-state index is 11.9. The van der Waals surface area contributed by atoms with Gasteiger partial charge in [0.25, 0.3) is 0 Å². The van der Waals surface area contributed by atoms with Crippen molar-refractivity contribution >= 4 is 11.9 Å². The summed E-state index contributed by atoms with van der Waals surface area (Å²) in [5, 5.41) is 11.6. The number of rotatable bonds is 7. The lowest BCUT2D eigenvalue weighted by atomic mass is 10.0. The minimum atomic E-state index is -0.921. The summed E-state index contributed by atoms with van der Waals surface area (Å²) in [6, 6.07) is 6.94. The Morgan fingerprint density at radius 1 is 1.24 bits per heavy atom. The normalized spacial score (nSPS) is 13.6. The van der Waals surface area contributed by atoms with E-state index in [-0.39, 0.29) is 18.4 Å². The molecule has 2 atom stereocenters. The van der Waals surface area contributed by atoms with Crippen molar-refractivity contribution in [2.45, 2.75) is 46.3 Å². The molecule has 1 aromatic rings. The van der Waals surface area contributed by atoms with E-state index in [0.29, 0.717) is 0 Å². The predicted molar refractivity (Wildman–Crippen MR) is 80.3 cm³/mol. The first-order valence-electron chi connectivity index (χ1n) is 7.07. The van der Waals surface area contributed by atoms with Crippen molar-refractivity contribution < 1.29 is 19.4 Å². The molecule has 116 valence electrons. The molecule has 0 aliphatic heterocycles. The van der Waals surface area contributed by atoms with Crippen LogP contribution >= 0.6 is 0 Å². The predicted octanol–water partition coefficient (Wildman–Crippen LogP) is 2.24. The summed E-state index contributed by atoms with van der Waals surface area (Å²) in [5.74, 6) is -1.01. The molecule has 2 N–H and O–H groups in total. The molecule has 1 amide bonds. The summed E-state index contributed by atoms with van der Waals surface area (Å²) in [5.41, 5.74) is 0.834. The number of carboxylic acids is 1. The van der Waals surface area contributed by atoms with Gasteiger partial charge >= 0.3 is 5.97 Å². The molecule has 5 heteroatoms. The van der Waals surface area contributed by atoms with Crippen LogP contribution in [0, 0.1) is 5.92 Å². The van der Waals surface area contributed by atoms with Crippen molar-refractivity contribution in [2.24, 2.45) is 5.92 Å². The standard InChI is InChI=1S/C16H23NO4/c1-10(2)21-14-7-5-6-13(8-14)9-15(18)17-12(4)11(3)16(19)20/h5-8,10-12H,9H2,1-4H3,(H,17,18)(H,19,20). The largest absolute Gasteiger partial charge is 0.491 e. The van der Waals surface area contributed by atoms with E-state index in [1.54, 1.807) is 13.8 Å². The third-order valence-electron chi connectivity index (χ3n) is 3.16. The lowest BCUT2D eigenvalue weighted by molar-refractivity contribution is -0.142. The fourth-order valence-corrected chi connectivity index (χ4v) is 1.83. The Balaban J connectivity index is 2.60. The highest BCUT2D eigenvalue weighted by Crippen LogP contribution is 2.15. The molecule has 0 saturated heterocycles. The van der Waals surface area contributed by atoms with Crippen molar-refractivity contribution in [3.63, 3.8) is 0 Å². The van der Waals surface area contributed by atoms with Gasteiger partial charge in [0, 0.05) is 6.04 Å². The van der Waals surface area contributed by atoms with E-state index < -0.39 is 17.9 Å². The Kier molecular flexibility index (Phi) is 6.21. The van der Waals surface area contributed by atoms with Gasteiger partial charge in [0.05, 0.1) is 18.4 Å². The van der Waals surface area contributed by atoms with Gasteiger partial charge < -0.3 is 15.2 Å². The fraction of sp³-hybridized carbons (Fsp3) is 0.500. The summed E-state index contributed by atoms with van der Waals surface area (Å²) in [6.07, 6.45) is 0.275. The first-order valence-corrected chi connectivity index (χ1v) is 7.07. The maximum Gasteiger partial charge on any atom is 0.308 e. The van der Waals surface area contributed by atoms with Crippen LogP contribution in [-0.2, 0) is 16.0 Å². The van der Waals surface area contributed by atoms with Crippen molar-refractivity contribution in [2.75, 3.05) is 0 Å². The van der Waals surface area contributed by atoms with Gasteiger partial charge in [-0.1, -0.05) is 12.1 Å². The number of hydrogen-bond acceptors (Lipinski definition) is 3. The number of aliphatic carboxylic acids is 1. The molecule has 0 aromatic heterocycles. The maximum atomic E-state index is 11.9. The Morgan fingerprint density at radius 3 is 2.48 bits per heavy atom.